The molecule has 1 N–H and O–H groups in total. The molecule has 0 aliphatic carbocycles. The zero-order valence-electron chi connectivity index (χ0n) is 18.2. The van der Waals surface area contributed by atoms with E-state index in [1.807, 2.05) is 13.8 Å². The molecule has 0 atom stereocenters. The second-order valence-corrected chi connectivity index (χ2v) is 9.74. The van der Waals surface area contributed by atoms with Crippen LogP contribution in [0, 0.1) is 19.3 Å². The van der Waals surface area contributed by atoms with E-state index in [1.165, 1.54) is 25.3 Å². The number of methoxy groups -OCH3 is 1. The van der Waals surface area contributed by atoms with E-state index in [9.17, 15) is 18.0 Å². The van der Waals surface area contributed by atoms with Gasteiger partial charge in [-0.2, -0.15) is 8.42 Å². The summed E-state index contributed by atoms with van der Waals surface area (Å²) in [6.07, 6.45) is 0.921. The van der Waals surface area contributed by atoms with Crippen LogP contribution in [-0.2, 0) is 14.9 Å². The summed E-state index contributed by atoms with van der Waals surface area (Å²) in [5.41, 5.74) is 2.21. The highest BCUT2D eigenvalue weighted by Gasteiger charge is 2.24. The Kier molecular flexibility index (Phi) is 6.61. The average Bonchev–Trinajstić information content (AvgIpc) is 2.62. The minimum absolute atomic E-state index is 0.0158. The first kappa shape index (κ1) is 23.4. The van der Waals surface area contributed by atoms with Crippen LogP contribution in [0.1, 0.15) is 47.8 Å². The van der Waals surface area contributed by atoms with Gasteiger partial charge in [0.25, 0.3) is 0 Å². The highest BCUT2D eigenvalue weighted by Crippen LogP contribution is 2.32. The van der Waals surface area contributed by atoms with Gasteiger partial charge in [-0.05, 0) is 55.3 Å². The maximum Gasteiger partial charge on any atom is 0.306 e. The Morgan fingerprint density at radius 1 is 0.967 bits per heavy atom. The van der Waals surface area contributed by atoms with Crippen molar-refractivity contribution in [3.8, 4) is 11.5 Å². The number of ketones is 1. The third-order valence-corrected chi connectivity index (χ3v) is 4.96. The van der Waals surface area contributed by atoms with Crippen molar-refractivity contribution >= 4 is 27.5 Å². The molecule has 8 heteroatoms. The third-order valence-electron chi connectivity index (χ3n) is 4.47. The molecule has 0 fully saturated rings. The van der Waals surface area contributed by atoms with Crippen molar-refractivity contribution in [1.82, 2.24) is 0 Å². The number of amides is 1. The summed E-state index contributed by atoms with van der Waals surface area (Å²) in [4.78, 5) is 25.8. The SMILES string of the molecule is COc1cc(C(=O)c2cc(C)c(C)cc2NC(=O)C(C)(C)C)ccc1OS(C)(=O)=O. The van der Waals surface area contributed by atoms with Gasteiger partial charge in [0.05, 0.1) is 19.1 Å². The minimum Gasteiger partial charge on any atom is -0.493 e. The molecule has 2 aromatic carbocycles. The number of carbonyl (C=O) groups excluding carboxylic acids is 2. The van der Waals surface area contributed by atoms with Crippen LogP contribution in [0.2, 0.25) is 0 Å². The highest BCUT2D eigenvalue weighted by molar-refractivity contribution is 7.86. The standard InChI is InChI=1S/C22H27NO6S/c1-13-10-16(17(11-14(13)2)23-21(25)22(3,4)5)20(24)15-8-9-18(19(12-15)28-6)29-30(7,26)27/h8-12H,1-7H3,(H,23,25). The van der Waals surface area contributed by atoms with Gasteiger partial charge in [0, 0.05) is 16.5 Å². The Bertz CT molecular complexity index is 1100. The van der Waals surface area contributed by atoms with Crippen molar-refractivity contribution in [3.05, 3.63) is 52.6 Å². The fraction of sp³-hybridized carbons (Fsp3) is 0.364. The normalized spacial score (nSPS) is 11.7. The molecular weight excluding hydrogens is 406 g/mol. The number of aryl methyl sites for hydroxylation is 2. The van der Waals surface area contributed by atoms with Gasteiger partial charge < -0.3 is 14.2 Å². The fourth-order valence-electron chi connectivity index (χ4n) is 2.61. The number of anilines is 1. The number of nitrogens with one attached hydrogen (secondary N) is 1. The fourth-order valence-corrected chi connectivity index (χ4v) is 3.08. The van der Waals surface area contributed by atoms with Gasteiger partial charge in [0.2, 0.25) is 5.91 Å². The van der Waals surface area contributed by atoms with E-state index < -0.39 is 15.5 Å². The van der Waals surface area contributed by atoms with Gasteiger partial charge in [-0.25, -0.2) is 0 Å². The monoisotopic (exact) mass is 433 g/mol. The Hall–Kier alpha value is -2.87. The minimum atomic E-state index is -3.75. The lowest BCUT2D eigenvalue weighted by molar-refractivity contribution is -0.123. The number of hydrogen-bond acceptors (Lipinski definition) is 6. The molecule has 0 unspecified atom stereocenters. The van der Waals surface area contributed by atoms with Crippen LogP contribution in [0.15, 0.2) is 30.3 Å². The summed E-state index contributed by atoms with van der Waals surface area (Å²) in [5, 5.41) is 2.85. The molecule has 0 aliphatic rings. The summed E-state index contributed by atoms with van der Waals surface area (Å²) in [6.45, 7) is 9.14. The lowest BCUT2D eigenvalue weighted by atomic mass is 9.93. The van der Waals surface area contributed by atoms with Crippen LogP contribution in [0.3, 0.4) is 0 Å². The molecule has 0 saturated carbocycles. The Morgan fingerprint density at radius 2 is 1.57 bits per heavy atom. The predicted molar refractivity (Wildman–Crippen MR) is 116 cm³/mol. The number of ether oxygens (including phenoxy) is 1. The van der Waals surface area contributed by atoms with Crippen molar-refractivity contribution in [1.29, 1.82) is 0 Å². The molecule has 30 heavy (non-hydrogen) atoms. The summed E-state index contributed by atoms with van der Waals surface area (Å²) >= 11 is 0. The van der Waals surface area contributed by atoms with Crippen molar-refractivity contribution < 1.29 is 26.9 Å². The molecule has 0 bridgehead atoms. The molecule has 0 radical (unpaired) electrons. The summed E-state index contributed by atoms with van der Waals surface area (Å²) in [6, 6.07) is 7.72. The van der Waals surface area contributed by atoms with Gasteiger partial charge in [-0.1, -0.05) is 20.8 Å². The van der Waals surface area contributed by atoms with E-state index >= 15 is 0 Å². The van der Waals surface area contributed by atoms with Gasteiger partial charge in [0.1, 0.15) is 0 Å². The number of rotatable bonds is 6. The molecule has 0 aromatic heterocycles. The maximum atomic E-state index is 13.3. The van der Waals surface area contributed by atoms with E-state index in [-0.39, 0.29) is 28.8 Å². The average molecular weight is 434 g/mol. The lowest BCUT2D eigenvalue weighted by Gasteiger charge is -2.20. The van der Waals surface area contributed by atoms with Crippen LogP contribution in [0.5, 0.6) is 11.5 Å². The molecule has 0 saturated heterocycles. The first-order chi connectivity index (χ1) is 13.7. The van der Waals surface area contributed by atoms with Crippen LogP contribution in [0.25, 0.3) is 0 Å². The van der Waals surface area contributed by atoms with Crippen LogP contribution in [-0.4, -0.2) is 33.5 Å². The second kappa shape index (κ2) is 8.47. The summed E-state index contributed by atoms with van der Waals surface area (Å²) in [5.74, 6) is -0.464. The van der Waals surface area contributed by atoms with Gasteiger partial charge in [-0.15, -0.1) is 0 Å². The summed E-state index contributed by atoms with van der Waals surface area (Å²) in [7, 11) is -2.40. The largest absolute Gasteiger partial charge is 0.493 e. The van der Waals surface area contributed by atoms with Crippen molar-refractivity contribution in [2.45, 2.75) is 34.6 Å². The molecular formula is C22H27NO6S. The maximum absolute atomic E-state index is 13.3. The number of carbonyl (C=O) groups is 2. The smallest absolute Gasteiger partial charge is 0.306 e. The Morgan fingerprint density at radius 3 is 2.10 bits per heavy atom. The molecule has 162 valence electrons. The van der Waals surface area contributed by atoms with Crippen molar-refractivity contribution in [2.75, 3.05) is 18.7 Å². The van der Waals surface area contributed by atoms with E-state index in [1.54, 1.807) is 32.9 Å². The number of hydrogen-bond donors (Lipinski definition) is 1. The molecule has 0 spiro atoms. The molecule has 0 heterocycles. The Labute approximate surface area is 177 Å². The molecule has 7 nitrogen and oxygen atoms in total. The number of benzene rings is 2. The molecule has 2 rings (SSSR count). The predicted octanol–water partition coefficient (Wildman–Crippen LogP) is 3.87. The van der Waals surface area contributed by atoms with Crippen LogP contribution < -0.4 is 14.2 Å². The third kappa shape index (κ3) is 5.60. The van der Waals surface area contributed by atoms with Gasteiger partial charge in [0.15, 0.2) is 17.3 Å². The van der Waals surface area contributed by atoms with E-state index in [0.29, 0.717) is 11.3 Å². The second-order valence-electron chi connectivity index (χ2n) is 8.17. The highest BCUT2D eigenvalue weighted by atomic mass is 32.2. The van der Waals surface area contributed by atoms with E-state index in [0.717, 1.165) is 17.4 Å². The molecule has 2 aromatic rings. The molecule has 0 aliphatic heterocycles. The zero-order valence-corrected chi connectivity index (χ0v) is 19.1. The zero-order chi connectivity index (χ0) is 22.9. The van der Waals surface area contributed by atoms with Crippen molar-refractivity contribution in [2.24, 2.45) is 5.41 Å². The van der Waals surface area contributed by atoms with Gasteiger partial charge >= 0.3 is 10.1 Å². The first-order valence-corrected chi connectivity index (χ1v) is 11.1. The first-order valence-electron chi connectivity index (χ1n) is 9.28. The lowest BCUT2D eigenvalue weighted by Crippen LogP contribution is -2.28. The van der Waals surface area contributed by atoms with E-state index in [2.05, 4.69) is 5.32 Å². The quantitative estimate of drug-likeness (QED) is 0.549. The topological polar surface area (TPSA) is 98.8 Å². The van der Waals surface area contributed by atoms with Gasteiger partial charge in [-0.3, -0.25) is 9.59 Å². The molecule has 1 amide bonds. The van der Waals surface area contributed by atoms with E-state index in [4.69, 9.17) is 8.92 Å². The van der Waals surface area contributed by atoms with Crippen LogP contribution >= 0.6 is 0 Å². The van der Waals surface area contributed by atoms with Crippen molar-refractivity contribution in [3.63, 3.8) is 0 Å². The van der Waals surface area contributed by atoms with Crippen LogP contribution in [0.4, 0.5) is 5.69 Å². The Balaban J connectivity index is 2.52. The summed E-state index contributed by atoms with van der Waals surface area (Å²) < 4.78 is 32.9.